The quantitative estimate of drug-likeness (QED) is 0.555. The average Bonchev–Trinajstić information content (AvgIpc) is 3.55. The zero-order valence-electron chi connectivity index (χ0n) is 19.7. The van der Waals surface area contributed by atoms with Crippen molar-refractivity contribution in [1.82, 2.24) is 5.32 Å². The third-order valence-corrected chi connectivity index (χ3v) is 6.96. The molecule has 2 aliphatic heterocycles. The molecule has 1 saturated heterocycles. The molecule has 0 radical (unpaired) electrons. The lowest BCUT2D eigenvalue weighted by atomic mass is 9.72. The number of rotatable bonds is 5. The Morgan fingerprint density at radius 3 is 2.72 bits per heavy atom. The van der Waals surface area contributed by atoms with Crippen LogP contribution in [0.1, 0.15) is 61.3 Å². The van der Waals surface area contributed by atoms with Crippen LogP contribution in [-0.2, 0) is 25.2 Å². The lowest BCUT2D eigenvalue weighted by Crippen LogP contribution is -2.36. The number of carbonyl (C=O) groups is 2. The summed E-state index contributed by atoms with van der Waals surface area (Å²) in [5, 5.41) is 3.19. The molecule has 0 saturated carbocycles. The Bertz CT molecular complexity index is 1220. The Morgan fingerprint density at radius 2 is 2.03 bits per heavy atom. The van der Waals surface area contributed by atoms with Crippen LogP contribution in [0.15, 0.2) is 69.6 Å². The maximum atomic E-state index is 13.6. The number of alkyl halides is 3. The molecular formula is C27H26F3NO5. The molecule has 1 aromatic heterocycles. The fourth-order valence-electron chi connectivity index (χ4n) is 5.28. The summed E-state index contributed by atoms with van der Waals surface area (Å²) in [6.45, 7) is 2.32. The molecule has 1 aliphatic carbocycles. The van der Waals surface area contributed by atoms with E-state index in [4.69, 9.17) is 13.9 Å². The Balaban J connectivity index is 1.54. The lowest BCUT2D eigenvalue weighted by Gasteiger charge is -2.36. The summed E-state index contributed by atoms with van der Waals surface area (Å²) in [5.41, 5.74) is 0.835. The monoisotopic (exact) mass is 501 g/mol. The number of allylic oxidation sites excluding steroid dienone is 3. The highest BCUT2D eigenvalue weighted by molar-refractivity contribution is 6.04. The number of ketones is 1. The molecule has 1 fully saturated rings. The van der Waals surface area contributed by atoms with E-state index in [0.717, 1.165) is 25.0 Å². The van der Waals surface area contributed by atoms with Gasteiger partial charge in [-0.15, -0.1) is 0 Å². The van der Waals surface area contributed by atoms with Crippen molar-refractivity contribution in [2.75, 3.05) is 13.2 Å². The van der Waals surface area contributed by atoms with Gasteiger partial charge >= 0.3 is 12.1 Å². The minimum absolute atomic E-state index is 0.0470. The van der Waals surface area contributed by atoms with Crippen LogP contribution in [0.2, 0.25) is 0 Å². The van der Waals surface area contributed by atoms with Gasteiger partial charge in [0, 0.05) is 41.8 Å². The normalized spacial score (nSPS) is 24.6. The van der Waals surface area contributed by atoms with Gasteiger partial charge in [-0.05, 0) is 49.9 Å². The van der Waals surface area contributed by atoms with Crippen LogP contribution in [-0.4, -0.2) is 31.1 Å². The fraction of sp³-hybridized carbons (Fsp3) is 0.407. The number of carbonyl (C=O) groups excluding carboxylic acids is 2. The predicted molar refractivity (Wildman–Crippen MR) is 123 cm³/mol. The zero-order valence-corrected chi connectivity index (χ0v) is 19.7. The maximum absolute atomic E-state index is 13.6. The second-order valence-electron chi connectivity index (χ2n) is 9.39. The minimum atomic E-state index is -4.57. The number of halogens is 3. The lowest BCUT2D eigenvalue weighted by molar-refractivity contribution is -0.142. The summed E-state index contributed by atoms with van der Waals surface area (Å²) in [6.07, 6.45) is -1.04. The first-order valence-corrected chi connectivity index (χ1v) is 12.0. The molecule has 2 aromatic rings. The van der Waals surface area contributed by atoms with Gasteiger partial charge in [0.1, 0.15) is 12.4 Å². The third kappa shape index (κ3) is 4.72. The molecule has 3 heterocycles. The molecule has 0 bridgehead atoms. The smallest absolute Gasteiger partial charge is 0.416 e. The van der Waals surface area contributed by atoms with Gasteiger partial charge in [0.25, 0.3) is 0 Å². The summed E-state index contributed by atoms with van der Waals surface area (Å²) >= 11 is 0. The Kier molecular flexibility index (Phi) is 6.51. The van der Waals surface area contributed by atoms with Gasteiger partial charge in [-0.3, -0.25) is 4.79 Å². The Labute approximate surface area is 206 Å². The van der Waals surface area contributed by atoms with E-state index in [1.807, 2.05) is 0 Å². The van der Waals surface area contributed by atoms with Gasteiger partial charge in [0.15, 0.2) is 5.78 Å². The van der Waals surface area contributed by atoms with Crippen LogP contribution in [0.25, 0.3) is 0 Å². The number of nitrogens with one attached hydrogen (secondary N) is 1. The van der Waals surface area contributed by atoms with E-state index in [1.54, 1.807) is 19.1 Å². The number of Topliss-reactive ketones (excluding diaryl/α,β-unsaturated/α-hetero) is 1. The summed E-state index contributed by atoms with van der Waals surface area (Å²) < 4.78 is 57.3. The third-order valence-electron chi connectivity index (χ3n) is 6.96. The number of esters is 1. The van der Waals surface area contributed by atoms with E-state index >= 15 is 0 Å². The highest BCUT2D eigenvalue weighted by atomic mass is 19.4. The number of hydrogen-bond donors (Lipinski definition) is 1. The topological polar surface area (TPSA) is 77.8 Å². The zero-order chi connectivity index (χ0) is 25.4. The number of hydrogen-bond acceptors (Lipinski definition) is 6. The summed E-state index contributed by atoms with van der Waals surface area (Å²) in [6, 6.07) is 8.34. The van der Waals surface area contributed by atoms with Crippen LogP contribution < -0.4 is 5.32 Å². The molecule has 190 valence electrons. The molecule has 6 nitrogen and oxygen atoms in total. The van der Waals surface area contributed by atoms with Crippen molar-refractivity contribution in [3.63, 3.8) is 0 Å². The molecule has 1 N–H and O–H groups in total. The van der Waals surface area contributed by atoms with Crippen LogP contribution in [0.4, 0.5) is 13.2 Å². The first kappa shape index (κ1) is 24.4. The van der Waals surface area contributed by atoms with Gasteiger partial charge in [0.05, 0.1) is 23.5 Å². The predicted octanol–water partition coefficient (Wildman–Crippen LogP) is 5.38. The molecule has 0 spiro atoms. The van der Waals surface area contributed by atoms with Crippen molar-refractivity contribution in [3.05, 3.63) is 82.1 Å². The van der Waals surface area contributed by atoms with Crippen molar-refractivity contribution in [3.8, 4) is 0 Å². The molecule has 5 rings (SSSR count). The van der Waals surface area contributed by atoms with Gasteiger partial charge in [-0.25, -0.2) is 4.79 Å². The van der Waals surface area contributed by atoms with Crippen molar-refractivity contribution >= 4 is 11.8 Å². The Hall–Kier alpha value is -3.33. The molecule has 1 aromatic carbocycles. The molecule has 3 atom stereocenters. The van der Waals surface area contributed by atoms with E-state index in [0.29, 0.717) is 35.8 Å². The van der Waals surface area contributed by atoms with E-state index in [1.165, 1.54) is 18.4 Å². The fourth-order valence-corrected chi connectivity index (χ4v) is 5.28. The van der Waals surface area contributed by atoms with Crippen molar-refractivity contribution in [2.24, 2.45) is 0 Å². The minimum Gasteiger partial charge on any atom is -0.469 e. The largest absolute Gasteiger partial charge is 0.469 e. The first-order valence-electron chi connectivity index (χ1n) is 12.0. The van der Waals surface area contributed by atoms with Crippen molar-refractivity contribution in [2.45, 2.75) is 56.7 Å². The number of ether oxygens (including phenoxy) is 2. The standard InChI is InChI=1S/C27H26F3NO5/c1-15-23(26(33)36-14-19-7-3-9-34-19)24(16-5-2-6-18(11-16)27(28,29)30)25-20(31-15)12-17(13-21(25)32)22-8-4-10-35-22/h2,4-6,8,10-11,17,19,24,31H,3,7,9,12-14H2,1H3/t17-,19-,24-/m1/s1. The molecular weight excluding hydrogens is 475 g/mol. The van der Waals surface area contributed by atoms with E-state index in [-0.39, 0.29) is 42.0 Å². The van der Waals surface area contributed by atoms with Crippen LogP contribution in [0.3, 0.4) is 0 Å². The summed E-state index contributed by atoms with van der Waals surface area (Å²) in [4.78, 5) is 26.8. The molecule has 3 aliphatic rings. The van der Waals surface area contributed by atoms with E-state index in [2.05, 4.69) is 5.32 Å². The van der Waals surface area contributed by atoms with Crippen LogP contribution >= 0.6 is 0 Å². The van der Waals surface area contributed by atoms with Gasteiger partial charge in [-0.1, -0.05) is 18.2 Å². The SMILES string of the molecule is CC1=C(C(=O)OC[C@H]2CCCO2)[C@@H](c2cccc(C(F)(F)F)c2)C2=C(C[C@@H](c3ccco3)CC2=O)N1. The number of benzene rings is 1. The number of furan rings is 1. The number of dihydropyridines is 1. The molecule has 0 amide bonds. The van der Waals surface area contributed by atoms with Crippen LogP contribution in [0.5, 0.6) is 0 Å². The summed E-state index contributed by atoms with van der Waals surface area (Å²) in [5.74, 6) is -1.45. The second kappa shape index (κ2) is 9.61. The molecule has 0 unspecified atom stereocenters. The summed E-state index contributed by atoms with van der Waals surface area (Å²) in [7, 11) is 0. The van der Waals surface area contributed by atoms with Gasteiger partial charge in [0.2, 0.25) is 0 Å². The maximum Gasteiger partial charge on any atom is 0.416 e. The van der Waals surface area contributed by atoms with Gasteiger partial charge in [-0.2, -0.15) is 13.2 Å². The second-order valence-corrected chi connectivity index (χ2v) is 9.39. The highest BCUT2D eigenvalue weighted by Gasteiger charge is 2.43. The Morgan fingerprint density at radius 1 is 1.19 bits per heavy atom. The molecule has 36 heavy (non-hydrogen) atoms. The first-order chi connectivity index (χ1) is 17.2. The van der Waals surface area contributed by atoms with Crippen molar-refractivity contribution < 1.29 is 36.7 Å². The van der Waals surface area contributed by atoms with E-state index < -0.39 is 23.6 Å². The van der Waals surface area contributed by atoms with Crippen LogP contribution in [0, 0.1) is 0 Å². The average molecular weight is 502 g/mol. The van der Waals surface area contributed by atoms with E-state index in [9.17, 15) is 22.8 Å². The highest BCUT2D eigenvalue weighted by Crippen LogP contribution is 2.46. The molecule has 9 heteroatoms. The van der Waals surface area contributed by atoms with Gasteiger partial charge < -0.3 is 19.2 Å². The van der Waals surface area contributed by atoms with Crippen molar-refractivity contribution in [1.29, 1.82) is 0 Å².